The van der Waals surface area contributed by atoms with Gasteiger partial charge in [0, 0.05) is 17.6 Å². The number of carbonyl (C=O) groups excluding carboxylic acids is 2. The standard InChI is InChI=1S/C13H17NO3S/c1-4-18-11-7-5-10(6-8-11)14(2)12(15)9-13(16)17-3/h5-8H,4,9H2,1-3H3. The third-order valence-corrected chi connectivity index (χ3v) is 3.33. The molecule has 1 aromatic carbocycles. The fraction of sp³-hybridized carbons (Fsp3) is 0.385. The average molecular weight is 267 g/mol. The molecule has 0 saturated carbocycles. The molecule has 0 saturated heterocycles. The van der Waals surface area contributed by atoms with Crippen molar-refractivity contribution in [2.75, 3.05) is 24.8 Å². The molecule has 0 unspecified atom stereocenters. The van der Waals surface area contributed by atoms with E-state index in [1.54, 1.807) is 18.8 Å². The number of ether oxygens (including phenoxy) is 1. The van der Waals surface area contributed by atoms with Gasteiger partial charge in [-0.15, -0.1) is 11.8 Å². The van der Waals surface area contributed by atoms with Gasteiger partial charge in [0.15, 0.2) is 0 Å². The number of hydrogen-bond donors (Lipinski definition) is 0. The lowest BCUT2D eigenvalue weighted by atomic mass is 10.2. The van der Waals surface area contributed by atoms with Crippen molar-refractivity contribution in [1.82, 2.24) is 0 Å². The Balaban J connectivity index is 2.68. The first-order valence-electron chi connectivity index (χ1n) is 5.64. The normalized spacial score (nSPS) is 9.94. The minimum Gasteiger partial charge on any atom is -0.469 e. The molecule has 0 bridgehead atoms. The zero-order chi connectivity index (χ0) is 13.5. The third-order valence-electron chi connectivity index (χ3n) is 2.43. The number of esters is 1. The lowest BCUT2D eigenvalue weighted by Gasteiger charge is -2.17. The van der Waals surface area contributed by atoms with E-state index in [4.69, 9.17) is 0 Å². The monoisotopic (exact) mass is 267 g/mol. The van der Waals surface area contributed by atoms with Crippen LogP contribution in [0.4, 0.5) is 5.69 Å². The molecule has 98 valence electrons. The second kappa shape index (κ2) is 7.06. The molecule has 18 heavy (non-hydrogen) atoms. The van der Waals surface area contributed by atoms with E-state index in [9.17, 15) is 9.59 Å². The number of hydrogen-bond acceptors (Lipinski definition) is 4. The Hall–Kier alpha value is -1.49. The van der Waals surface area contributed by atoms with E-state index >= 15 is 0 Å². The molecule has 0 aromatic heterocycles. The lowest BCUT2D eigenvalue weighted by Crippen LogP contribution is -2.28. The summed E-state index contributed by atoms with van der Waals surface area (Å²) in [6.45, 7) is 2.09. The van der Waals surface area contributed by atoms with E-state index in [0.717, 1.165) is 16.3 Å². The fourth-order valence-electron chi connectivity index (χ4n) is 1.39. The van der Waals surface area contributed by atoms with Gasteiger partial charge in [-0.05, 0) is 30.0 Å². The number of anilines is 1. The molecule has 0 spiro atoms. The van der Waals surface area contributed by atoms with Crippen molar-refractivity contribution in [2.24, 2.45) is 0 Å². The summed E-state index contributed by atoms with van der Waals surface area (Å²) >= 11 is 1.74. The number of methoxy groups -OCH3 is 1. The van der Waals surface area contributed by atoms with Crippen LogP contribution in [-0.2, 0) is 14.3 Å². The van der Waals surface area contributed by atoms with Gasteiger partial charge in [0.1, 0.15) is 6.42 Å². The quantitative estimate of drug-likeness (QED) is 0.466. The molecular formula is C13H17NO3S. The zero-order valence-corrected chi connectivity index (χ0v) is 11.6. The van der Waals surface area contributed by atoms with Crippen molar-refractivity contribution < 1.29 is 14.3 Å². The van der Waals surface area contributed by atoms with Crippen LogP contribution in [0.2, 0.25) is 0 Å². The molecule has 0 N–H and O–H groups in total. The van der Waals surface area contributed by atoms with Crippen LogP contribution in [-0.4, -0.2) is 31.8 Å². The molecule has 0 atom stereocenters. The first-order chi connectivity index (χ1) is 8.58. The topological polar surface area (TPSA) is 46.6 Å². The van der Waals surface area contributed by atoms with Crippen LogP contribution < -0.4 is 4.90 Å². The summed E-state index contributed by atoms with van der Waals surface area (Å²) in [7, 11) is 2.92. The van der Waals surface area contributed by atoms with Crippen molar-refractivity contribution in [3.63, 3.8) is 0 Å². The van der Waals surface area contributed by atoms with E-state index in [1.807, 2.05) is 24.3 Å². The summed E-state index contributed by atoms with van der Waals surface area (Å²) in [5.74, 6) is 0.207. The summed E-state index contributed by atoms with van der Waals surface area (Å²) in [5.41, 5.74) is 0.768. The van der Waals surface area contributed by atoms with Gasteiger partial charge in [0.05, 0.1) is 7.11 Å². The Morgan fingerprint density at radius 3 is 2.39 bits per heavy atom. The number of rotatable bonds is 5. The van der Waals surface area contributed by atoms with Gasteiger partial charge in [-0.1, -0.05) is 6.92 Å². The molecule has 0 aliphatic rings. The minimum absolute atomic E-state index is 0.238. The first-order valence-corrected chi connectivity index (χ1v) is 6.63. The van der Waals surface area contributed by atoms with E-state index in [1.165, 1.54) is 12.0 Å². The van der Waals surface area contributed by atoms with Crippen LogP contribution >= 0.6 is 11.8 Å². The molecule has 5 heteroatoms. The highest BCUT2D eigenvalue weighted by atomic mass is 32.2. The molecule has 4 nitrogen and oxygen atoms in total. The summed E-state index contributed by atoms with van der Waals surface area (Å²) in [4.78, 5) is 25.4. The smallest absolute Gasteiger partial charge is 0.315 e. The second-order valence-electron chi connectivity index (χ2n) is 3.63. The maximum atomic E-state index is 11.7. The fourth-order valence-corrected chi connectivity index (χ4v) is 2.05. The van der Waals surface area contributed by atoms with Crippen molar-refractivity contribution in [3.8, 4) is 0 Å². The van der Waals surface area contributed by atoms with Crippen LogP contribution in [0.5, 0.6) is 0 Å². The number of nitrogens with zero attached hydrogens (tertiary/aromatic N) is 1. The average Bonchev–Trinajstić information content (AvgIpc) is 2.39. The zero-order valence-electron chi connectivity index (χ0n) is 10.8. The van der Waals surface area contributed by atoms with Crippen molar-refractivity contribution in [2.45, 2.75) is 18.2 Å². The van der Waals surface area contributed by atoms with Crippen LogP contribution in [0.1, 0.15) is 13.3 Å². The van der Waals surface area contributed by atoms with Gasteiger partial charge in [-0.2, -0.15) is 0 Å². The minimum atomic E-state index is -0.523. The molecular weight excluding hydrogens is 250 g/mol. The number of thioether (sulfide) groups is 1. The largest absolute Gasteiger partial charge is 0.469 e. The Morgan fingerprint density at radius 2 is 1.89 bits per heavy atom. The van der Waals surface area contributed by atoms with E-state index in [2.05, 4.69) is 11.7 Å². The van der Waals surface area contributed by atoms with Crippen LogP contribution in [0.3, 0.4) is 0 Å². The van der Waals surface area contributed by atoms with Gasteiger partial charge in [-0.3, -0.25) is 9.59 Å². The molecule has 0 fully saturated rings. The summed E-state index contributed by atoms with van der Waals surface area (Å²) in [6.07, 6.45) is -0.238. The highest BCUT2D eigenvalue weighted by Gasteiger charge is 2.15. The van der Waals surface area contributed by atoms with Gasteiger partial charge >= 0.3 is 5.97 Å². The Labute approximate surface area is 111 Å². The molecule has 1 rings (SSSR count). The lowest BCUT2D eigenvalue weighted by molar-refractivity contribution is -0.143. The third kappa shape index (κ3) is 4.07. The number of carbonyl (C=O) groups is 2. The summed E-state index contributed by atoms with van der Waals surface area (Å²) in [6, 6.07) is 7.66. The predicted molar refractivity (Wildman–Crippen MR) is 72.9 cm³/mol. The number of amides is 1. The van der Waals surface area contributed by atoms with Gasteiger partial charge in [-0.25, -0.2) is 0 Å². The van der Waals surface area contributed by atoms with E-state index in [-0.39, 0.29) is 12.3 Å². The Kier molecular flexibility index (Phi) is 5.71. The van der Waals surface area contributed by atoms with Gasteiger partial charge in [0.25, 0.3) is 0 Å². The van der Waals surface area contributed by atoms with Crippen molar-refractivity contribution in [3.05, 3.63) is 24.3 Å². The van der Waals surface area contributed by atoms with Crippen LogP contribution in [0.15, 0.2) is 29.2 Å². The van der Waals surface area contributed by atoms with E-state index < -0.39 is 5.97 Å². The summed E-state index contributed by atoms with van der Waals surface area (Å²) < 4.78 is 4.47. The molecule has 0 aliphatic carbocycles. The molecule has 0 aliphatic heterocycles. The predicted octanol–water partition coefficient (Wildman–Crippen LogP) is 2.32. The molecule has 1 aromatic rings. The van der Waals surface area contributed by atoms with Crippen LogP contribution in [0.25, 0.3) is 0 Å². The SMILES string of the molecule is CCSc1ccc(N(C)C(=O)CC(=O)OC)cc1. The first kappa shape index (κ1) is 14.6. The molecule has 1 amide bonds. The van der Waals surface area contributed by atoms with Crippen molar-refractivity contribution in [1.29, 1.82) is 0 Å². The molecule has 0 heterocycles. The number of benzene rings is 1. The second-order valence-corrected chi connectivity index (χ2v) is 4.97. The maximum absolute atomic E-state index is 11.7. The van der Waals surface area contributed by atoms with E-state index in [0.29, 0.717) is 0 Å². The maximum Gasteiger partial charge on any atom is 0.315 e. The van der Waals surface area contributed by atoms with Crippen molar-refractivity contribution >= 4 is 29.3 Å². The summed E-state index contributed by atoms with van der Waals surface area (Å²) in [5, 5.41) is 0. The van der Waals surface area contributed by atoms with Gasteiger partial charge < -0.3 is 9.64 Å². The van der Waals surface area contributed by atoms with Gasteiger partial charge in [0.2, 0.25) is 5.91 Å². The Bertz CT molecular complexity index is 417. The Morgan fingerprint density at radius 1 is 1.28 bits per heavy atom. The van der Waals surface area contributed by atoms with Crippen LogP contribution in [0, 0.1) is 0 Å². The highest BCUT2D eigenvalue weighted by Crippen LogP contribution is 2.21. The highest BCUT2D eigenvalue weighted by molar-refractivity contribution is 7.99. The molecule has 0 radical (unpaired) electrons.